The molecule has 2 rings (SSSR count). The summed E-state index contributed by atoms with van der Waals surface area (Å²) >= 11 is 2.94. The van der Waals surface area contributed by atoms with E-state index in [4.69, 9.17) is 0 Å². The van der Waals surface area contributed by atoms with E-state index >= 15 is 0 Å². The van der Waals surface area contributed by atoms with Crippen LogP contribution >= 0.6 is 15.9 Å². The Morgan fingerprint density at radius 3 is 2.73 bits per heavy atom. The van der Waals surface area contributed by atoms with Gasteiger partial charge in [0.15, 0.2) is 5.78 Å². The predicted octanol–water partition coefficient (Wildman–Crippen LogP) is 3.26. The van der Waals surface area contributed by atoms with Gasteiger partial charge in [0, 0.05) is 12.3 Å². The molecule has 0 saturated carbocycles. The number of nitrogens with zero attached hydrogens (tertiary/aromatic N) is 1. The SMILES string of the molecule is CC1C=Nc2c(Br)c(F)cc(F)c2C1=O. The second-order valence-electron chi connectivity index (χ2n) is 3.31. The molecule has 2 nitrogen and oxygen atoms in total. The number of rotatable bonds is 0. The summed E-state index contributed by atoms with van der Waals surface area (Å²) < 4.78 is 26.5. The first-order valence-electron chi connectivity index (χ1n) is 4.28. The van der Waals surface area contributed by atoms with Crippen molar-refractivity contribution in [2.24, 2.45) is 10.9 Å². The maximum atomic E-state index is 13.4. The summed E-state index contributed by atoms with van der Waals surface area (Å²) in [5, 5.41) is 0. The summed E-state index contributed by atoms with van der Waals surface area (Å²) in [5.41, 5.74) is -0.103. The van der Waals surface area contributed by atoms with E-state index in [0.717, 1.165) is 0 Å². The largest absolute Gasteiger partial charge is 0.293 e. The molecule has 0 aromatic heterocycles. The highest BCUT2D eigenvalue weighted by molar-refractivity contribution is 9.10. The monoisotopic (exact) mass is 273 g/mol. The maximum Gasteiger partial charge on any atom is 0.176 e. The molecule has 0 fully saturated rings. The fraction of sp³-hybridized carbons (Fsp3) is 0.200. The molecule has 15 heavy (non-hydrogen) atoms. The van der Waals surface area contributed by atoms with Crippen LogP contribution in [-0.2, 0) is 0 Å². The Balaban J connectivity index is 2.77. The van der Waals surface area contributed by atoms with Gasteiger partial charge in [-0.25, -0.2) is 8.78 Å². The third kappa shape index (κ3) is 1.51. The Hall–Kier alpha value is -1.10. The highest BCUT2D eigenvalue weighted by Gasteiger charge is 2.28. The number of ketones is 1. The number of aliphatic imine (C=N–C) groups is 1. The van der Waals surface area contributed by atoms with Gasteiger partial charge in [0.05, 0.1) is 21.6 Å². The minimum absolute atomic E-state index is 0.0235. The smallest absolute Gasteiger partial charge is 0.176 e. The first kappa shape index (κ1) is 10.4. The van der Waals surface area contributed by atoms with E-state index < -0.39 is 17.6 Å². The van der Waals surface area contributed by atoms with Crippen molar-refractivity contribution >= 4 is 33.6 Å². The van der Waals surface area contributed by atoms with Gasteiger partial charge >= 0.3 is 0 Å². The number of fused-ring (bicyclic) bond motifs is 1. The fourth-order valence-electron chi connectivity index (χ4n) is 1.42. The number of halogens is 3. The summed E-state index contributed by atoms with van der Waals surface area (Å²) in [6, 6.07) is 0.689. The van der Waals surface area contributed by atoms with Crippen molar-refractivity contribution in [2.45, 2.75) is 6.92 Å². The van der Waals surface area contributed by atoms with Crippen LogP contribution in [0.4, 0.5) is 14.5 Å². The van der Waals surface area contributed by atoms with Crippen LogP contribution in [-0.4, -0.2) is 12.0 Å². The summed E-state index contributed by atoms with van der Waals surface area (Å²) in [7, 11) is 0. The topological polar surface area (TPSA) is 29.4 Å². The number of hydrogen-bond acceptors (Lipinski definition) is 2. The van der Waals surface area contributed by atoms with Gasteiger partial charge in [0.2, 0.25) is 0 Å². The molecule has 0 spiro atoms. The van der Waals surface area contributed by atoms with E-state index in [1.54, 1.807) is 6.92 Å². The molecule has 1 atom stereocenters. The Morgan fingerprint density at radius 2 is 2.07 bits per heavy atom. The van der Waals surface area contributed by atoms with Crippen molar-refractivity contribution in [1.82, 2.24) is 0 Å². The highest BCUT2D eigenvalue weighted by atomic mass is 79.9. The lowest BCUT2D eigenvalue weighted by atomic mass is 9.95. The van der Waals surface area contributed by atoms with Crippen molar-refractivity contribution < 1.29 is 13.6 Å². The van der Waals surface area contributed by atoms with Crippen LogP contribution in [0, 0.1) is 17.6 Å². The predicted molar refractivity (Wildman–Crippen MR) is 55.7 cm³/mol. The summed E-state index contributed by atoms with van der Waals surface area (Å²) in [5.74, 6) is -2.47. The van der Waals surface area contributed by atoms with E-state index in [2.05, 4.69) is 20.9 Å². The zero-order valence-electron chi connectivity index (χ0n) is 7.72. The minimum Gasteiger partial charge on any atom is -0.293 e. The average Bonchev–Trinajstić information content (AvgIpc) is 2.18. The van der Waals surface area contributed by atoms with E-state index in [1.807, 2.05) is 0 Å². The van der Waals surface area contributed by atoms with Crippen LogP contribution in [0.3, 0.4) is 0 Å². The van der Waals surface area contributed by atoms with Crippen LogP contribution in [0.2, 0.25) is 0 Å². The van der Waals surface area contributed by atoms with Gasteiger partial charge in [0.1, 0.15) is 11.6 Å². The molecule has 0 N–H and O–H groups in total. The van der Waals surface area contributed by atoms with Gasteiger partial charge in [0.25, 0.3) is 0 Å². The molecule has 1 aromatic carbocycles. The number of benzene rings is 1. The van der Waals surface area contributed by atoms with Crippen LogP contribution in [0.15, 0.2) is 15.5 Å². The van der Waals surface area contributed by atoms with Crippen molar-refractivity contribution in [3.05, 3.63) is 27.7 Å². The van der Waals surface area contributed by atoms with Gasteiger partial charge in [-0.2, -0.15) is 0 Å². The Labute approximate surface area is 93.1 Å². The maximum absolute atomic E-state index is 13.4. The molecule has 0 bridgehead atoms. The average molecular weight is 274 g/mol. The van der Waals surface area contributed by atoms with Crippen LogP contribution < -0.4 is 0 Å². The van der Waals surface area contributed by atoms with Crippen LogP contribution in [0.5, 0.6) is 0 Å². The first-order valence-corrected chi connectivity index (χ1v) is 5.07. The Bertz CT molecular complexity index is 485. The van der Waals surface area contributed by atoms with Crippen LogP contribution in [0.1, 0.15) is 17.3 Å². The Morgan fingerprint density at radius 1 is 1.40 bits per heavy atom. The normalized spacial score (nSPS) is 19.2. The third-order valence-electron chi connectivity index (χ3n) is 2.23. The molecule has 1 unspecified atom stereocenters. The molecule has 1 aliphatic rings. The molecule has 78 valence electrons. The lowest BCUT2D eigenvalue weighted by molar-refractivity contribution is 0.0958. The molecule has 1 heterocycles. The van der Waals surface area contributed by atoms with Crippen molar-refractivity contribution in [3.63, 3.8) is 0 Å². The quantitative estimate of drug-likeness (QED) is 0.667. The van der Waals surface area contributed by atoms with Crippen molar-refractivity contribution in [3.8, 4) is 0 Å². The molecule has 1 aromatic rings. The molecular weight excluding hydrogens is 268 g/mol. The van der Waals surface area contributed by atoms with Crippen LogP contribution in [0.25, 0.3) is 0 Å². The number of carbonyl (C=O) groups excluding carboxylic acids is 1. The lowest BCUT2D eigenvalue weighted by Gasteiger charge is -2.15. The molecule has 0 saturated heterocycles. The zero-order valence-corrected chi connectivity index (χ0v) is 9.31. The van der Waals surface area contributed by atoms with E-state index in [9.17, 15) is 13.6 Å². The van der Waals surface area contributed by atoms with Gasteiger partial charge in [-0.3, -0.25) is 9.79 Å². The minimum atomic E-state index is -0.862. The van der Waals surface area contributed by atoms with Crippen molar-refractivity contribution in [2.75, 3.05) is 0 Å². The molecule has 5 heteroatoms. The fourth-order valence-corrected chi connectivity index (χ4v) is 1.84. The second-order valence-corrected chi connectivity index (χ2v) is 4.10. The number of hydrogen-bond donors (Lipinski definition) is 0. The zero-order chi connectivity index (χ0) is 11.2. The summed E-state index contributed by atoms with van der Waals surface area (Å²) in [4.78, 5) is 15.5. The Kier molecular flexibility index (Phi) is 2.42. The molecule has 0 amide bonds. The molecular formula is C10H6BrF2NO. The number of Topliss-reactive ketones (excluding diaryl/α,β-unsaturated/α-hetero) is 1. The lowest BCUT2D eigenvalue weighted by Crippen LogP contribution is -2.18. The van der Waals surface area contributed by atoms with E-state index in [-0.39, 0.29) is 21.5 Å². The summed E-state index contributed by atoms with van der Waals surface area (Å²) in [6.45, 7) is 1.62. The van der Waals surface area contributed by atoms with Gasteiger partial charge in [-0.1, -0.05) is 6.92 Å². The molecule has 0 aliphatic carbocycles. The second kappa shape index (κ2) is 3.48. The molecule has 1 aliphatic heterocycles. The number of carbonyl (C=O) groups is 1. The van der Waals surface area contributed by atoms with E-state index in [1.165, 1.54) is 6.21 Å². The van der Waals surface area contributed by atoms with Crippen molar-refractivity contribution in [1.29, 1.82) is 0 Å². The van der Waals surface area contributed by atoms with Gasteiger partial charge in [-0.15, -0.1) is 0 Å². The molecule has 0 radical (unpaired) electrons. The highest BCUT2D eigenvalue weighted by Crippen LogP contribution is 2.37. The van der Waals surface area contributed by atoms with Gasteiger partial charge in [-0.05, 0) is 15.9 Å². The standard InChI is InChI=1S/C10H6BrF2NO/c1-4-3-14-9-7(10(4)15)5(12)2-6(13)8(9)11/h2-4H,1H3. The van der Waals surface area contributed by atoms with Gasteiger partial charge < -0.3 is 0 Å². The third-order valence-corrected chi connectivity index (χ3v) is 2.99. The summed E-state index contributed by atoms with van der Waals surface area (Å²) in [6.07, 6.45) is 1.38. The van der Waals surface area contributed by atoms with E-state index in [0.29, 0.717) is 6.07 Å². The first-order chi connectivity index (χ1) is 7.02.